The molecule has 0 amide bonds. The smallest absolute Gasteiger partial charge is 0.302 e. The van der Waals surface area contributed by atoms with Gasteiger partial charge in [-0.3, -0.25) is 4.57 Å². The number of hydrogen-bond donors (Lipinski definition) is 0. The van der Waals surface area contributed by atoms with Gasteiger partial charge in [0.1, 0.15) is 0 Å². The molecule has 0 bridgehead atoms. The summed E-state index contributed by atoms with van der Waals surface area (Å²) in [5.41, 5.74) is -0.513. The normalized spacial score (nSPS) is 31.5. The van der Waals surface area contributed by atoms with Gasteiger partial charge in [-0.2, -0.15) is 4.20 Å². The fourth-order valence-electron chi connectivity index (χ4n) is 1.97. The van der Waals surface area contributed by atoms with E-state index in [0.717, 1.165) is 31.6 Å². The zero-order valence-corrected chi connectivity index (χ0v) is 10.8. The van der Waals surface area contributed by atoms with Crippen LogP contribution in [0.2, 0.25) is 0 Å². The summed E-state index contributed by atoms with van der Waals surface area (Å²) in [6.45, 7) is 5.40. The minimum absolute atomic E-state index is 0.119. The molecule has 1 saturated carbocycles. The Balaban J connectivity index is 2.39. The van der Waals surface area contributed by atoms with Gasteiger partial charge in [0.2, 0.25) is 0 Å². The van der Waals surface area contributed by atoms with Crippen LogP contribution in [0, 0.1) is 5.92 Å². The van der Waals surface area contributed by atoms with Crippen molar-refractivity contribution < 1.29 is 13.3 Å². The van der Waals surface area contributed by atoms with Gasteiger partial charge < -0.3 is 4.52 Å². The fourth-order valence-corrected chi connectivity index (χ4v) is 2.83. The summed E-state index contributed by atoms with van der Waals surface area (Å²) in [4.78, 5) is 0. The van der Waals surface area contributed by atoms with E-state index in [1.807, 2.05) is 0 Å². The zero-order valence-electron chi connectivity index (χ0n) is 9.91. The second-order valence-corrected chi connectivity index (χ2v) is 7.06. The molecule has 1 aliphatic carbocycles. The third-order valence-electron chi connectivity index (χ3n) is 3.28. The van der Waals surface area contributed by atoms with Crippen LogP contribution in [0.3, 0.4) is 0 Å². The van der Waals surface area contributed by atoms with Gasteiger partial charge in [-0.05, 0) is 31.6 Å². The van der Waals surface area contributed by atoms with E-state index in [1.54, 1.807) is 13.8 Å². The average molecular weight is 236 g/mol. The van der Waals surface area contributed by atoms with Gasteiger partial charge in [0, 0.05) is 0 Å². The van der Waals surface area contributed by atoms with Crippen molar-refractivity contribution in [2.45, 2.75) is 64.6 Å². The fraction of sp³-hybridized carbons (Fsp3) is 1.00. The standard InChI is InChI=1S/C11H22FO2P/c1-4-10-5-7-11(8-6-10)14-15(12,13)9(2)3/h9-11H,4-8H2,1-3H3. The second-order valence-electron chi connectivity index (χ2n) is 4.77. The topological polar surface area (TPSA) is 26.3 Å². The summed E-state index contributed by atoms with van der Waals surface area (Å²) in [7, 11) is -3.86. The van der Waals surface area contributed by atoms with Gasteiger partial charge in [-0.1, -0.05) is 27.2 Å². The highest BCUT2D eigenvalue weighted by atomic mass is 31.2. The molecule has 1 atom stereocenters. The van der Waals surface area contributed by atoms with Crippen molar-refractivity contribution >= 4 is 7.68 Å². The first-order chi connectivity index (χ1) is 6.95. The van der Waals surface area contributed by atoms with Crippen molar-refractivity contribution in [3.63, 3.8) is 0 Å². The van der Waals surface area contributed by atoms with E-state index >= 15 is 0 Å². The van der Waals surface area contributed by atoms with Crippen LogP contribution in [0.1, 0.15) is 52.9 Å². The lowest BCUT2D eigenvalue weighted by molar-refractivity contribution is 0.121. The van der Waals surface area contributed by atoms with Crippen molar-refractivity contribution in [3.05, 3.63) is 0 Å². The second kappa shape index (κ2) is 5.45. The van der Waals surface area contributed by atoms with Gasteiger partial charge in [-0.15, -0.1) is 0 Å². The lowest BCUT2D eigenvalue weighted by atomic mass is 9.86. The quantitative estimate of drug-likeness (QED) is 0.670. The summed E-state index contributed by atoms with van der Waals surface area (Å²) in [5.74, 6) is 0.753. The van der Waals surface area contributed by atoms with Crippen LogP contribution in [0.4, 0.5) is 4.20 Å². The lowest BCUT2D eigenvalue weighted by Crippen LogP contribution is -2.21. The molecule has 0 radical (unpaired) electrons. The Morgan fingerprint density at radius 1 is 1.33 bits per heavy atom. The minimum Gasteiger partial charge on any atom is -0.302 e. The third-order valence-corrected chi connectivity index (χ3v) is 5.10. The van der Waals surface area contributed by atoms with Crippen LogP contribution >= 0.6 is 7.68 Å². The predicted octanol–water partition coefficient (Wildman–Crippen LogP) is 4.54. The van der Waals surface area contributed by atoms with Gasteiger partial charge in [-0.25, -0.2) is 0 Å². The Morgan fingerprint density at radius 2 is 1.87 bits per heavy atom. The van der Waals surface area contributed by atoms with E-state index in [4.69, 9.17) is 4.52 Å². The molecule has 4 heteroatoms. The third kappa shape index (κ3) is 3.88. The maximum Gasteiger partial charge on any atom is 0.370 e. The Labute approximate surface area is 92.2 Å². The monoisotopic (exact) mass is 236 g/mol. The zero-order chi connectivity index (χ0) is 11.5. The van der Waals surface area contributed by atoms with E-state index in [9.17, 15) is 8.76 Å². The molecule has 1 aliphatic rings. The highest BCUT2D eigenvalue weighted by Gasteiger charge is 2.32. The summed E-state index contributed by atoms with van der Waals surface area (Å²) >= 11 is 0. The van der Waals surface area contributed by atoms with Crippen LogP contribution in [0.25, 0.3) is 0 Å². The summed E-state index contributed by atoms with van der Waals surface area (Å²) in [6, 6.07) is 0. The van der Waals surface area contributed by atoms with Gasteiger partial charge >= 0.3 is 7.68 Å². The van der Waals surface area contributed by atoms with Crippen molar-refractivity contribution in [2.24, 2.45) is 5.92 Å². The number of hydrogen-bond acceptors (Lipinski definition) is 2. The van der Waals surface area contributed by atoms with Gasteiger partial charge in [0.15, 0.2) is 0 Å². The summed E-state index contributed by atoms with van der Waals surface area (Å²) in [6.07, 6.45) is 4.95. The molecule has 0 aromatic heterocycles. The minimum atomic E-state index is -3.86. The Hall–Kier alpha value is 0.120. The Kier molecular flexibility index (Phi) is 4.79. The molecule has 0 aliphatic heterocycles. The van der Waals surface area contributed by atoms with Crippen molar-refractivity contribution in [2.75, 3.05) is 0 Å². The molecule has 0 heterocycles. The molecule has 1 fully saturated rings. The van der Waals surface area contributed by atoms with E-state index in [1.165, 1.54) is 6.42 Å². The number of halogens is 1. The molecule has 0 aromatic rings. The molecular formula is C11H22FO2P. The molecule has 0 aromatic carbocycles. The van der Waals surface area contributed by atoms with Gasteiger partial charge in [0.25, 0.3) is 0 Å². The molecule has 15 heavy (non-hydrogen) atoms. The largest absolute Gasteiger partial charge is 0.370 e. The maximum absolute atomic E-state index is 13.5. The van der Waals surface area contributed by atoms with E-state index in [2.05, 4.69) is 6.92 Å². The molecule has 0 N–H and O–H groups in total. The Morgan fingerprint density at radius 3 is 2.27 bits per heavy atom. The SMILES string of the molecule is CCC1CCC(OP(=O)(F)C(C)C)CC1. The highest BCUT2D eigenvalue weighted by Crippen LogP contribution is 2.55. The first-order valence-electron chi connectivity index (χ1n) is 5.93. The van der Waals surface area contributed by atoms with E-state index in [-0.39, 0.29) is 6.10 Å². The molecule has 0 saturated heterocycles. The first-order valence-corrected chi connectivity index (χ1v) is 7.52. The molecular weight excluding hydrogens is 214 g/mol. The van der Waals surface area contributed by atoms with Crippen molar-refractivity contribution in [3.8, 4) is 0 Å². The van der Waals surface area contributed by atoms with Crippen molar-refractivity contribution in [1.82, 2.24) is 0 Å². The van der Waals surface area contributed by atoms with Crippen LogP contribution in [-0.2, 0) is 9.09 Å². The molecule has 1 rings (SSSR count). The maximum atomic E-state index is 13.5. The predicted molar refractivity (Wildman–Crippen MR) is 61.0 cm³/mol. The van der Waals surface area contributed by atoms with Crippen LogP contribution < -0.4 is 0 Å². The van der Waals surface area contributed by atoms with Crippen LogP contribution in [0.5, 0.6) is 0 Å². The molecule has 2 nitrogen and oxygen atoms in total. The van der Waals surface area contributed by atoms with E-state index in [0.29, 0.717) is 0 Å². The Bertz CT molecular complexity index is 235. The van der Waals surface area contributed by atoms with Crippen LogP contribution in [-0.4, -0.2) is 11.8 Å². The molecule has 90 valence electrons. The molecule has 1 unspecified atom stereocenters. The highest BCUT2D eigenvalue weighted by molar-refractivity contribution is 7.54. The summed E-state index contributed by atoms with van der Waals surface area (Å²) in [5, 5.41) is 0. The van der Waals surface area contributed by atoms with Gasteiger partial charge in [0.05, 0.1) is 11.8 Å². The molecule has 0 spiro atoms. The first kappa shape index (κ1) is 13.2. The summed E-state index contributed by atoms with van der Waals surface area (Å²) < 4.78 is 30.1. The lowest BCUT2D eigenvalue weighted by Gasteiger charge is -2.29. The average Bonchev–Trinajstić information content (AvgIpc) is 2.18. The van der Waals surface area contributed by atoms with Crippen LogP contribution in [0.15, 0.2) is 0 Å². The number of rotatable bonds is 4. The van der Waals surface area contributed by atoms with E-state index < -0.39 is 13.3 Å². The van der Waals surface area contributed by atoms with Crippen molar-refractivity contribution in [1.29, 1.82) is 0 Å².